The van der Waals surface area contributed by atoms with Crippen molar-refractivity contribution in [3.8, 4) is 0 Å². The molecule has 0 atom stereocenters. The summed E-state index contributed by atoms with van der Waals surface area (Å²) in [6.45, 7) is 1.82. The molecule has 0 spiro atoms. The van der Waals surface area contributed by atoms with Gasteiger partial charge >= 0.3 is 0 Å². The highest BCUT2D eigenvalue weighted by atomic mass is 32.2. The van der Waals surface area contributed by atoms with Crippen molar-refractivity contribution in [2.24, 2.45) is 0 Å². The number of pyridine rings is 1. The molecule has 0 aliphatic carbocycles. The Morgan fingerprint density at radius 3 is 2.88 bits per heavy atom. The van der Waals surface area contributed by atoms with Gasteiger partial charge in [0.15, 0.2) is 5.82 Å². The number of nitrogens with zero attached hydrogens (tertiary/aromatic N) is 2. The first-order valence-corrected chi connectivity index (χ1v) is 9.52. The van der Waals surface area contributed by atoms with Gasteiger partial charge < -0.3 is 9.84 Å². The molecular weight excluding hydrogens is 364 g/mol. The van der Waals surface area contributed by atoms with Crippen molar-refractivity contribution in [1.82, 2.24) is 14.9 Å². The molecule has 2 N–H and O–H groups in total. The fourth-order valence-electron chi connectivity index (χ4n) is 1.95. The van der Waals surface area contributed by atoms with Crippen LogP contribution in [0.25, 0.3) is 0 Å². The SMILES string of the molecule is Cc1cc(NC(=O)c2cc(S(=O)(=O)NCc3cccnc3)cs2)no1. The third-order valence-electron chi connectivity index (χ3n) is 3.17. The number of carbonyl (C=O) groups excluding carboxylic acids is 1. The second-order valence-electron chi connectivity index (χ2n) is 5.11. The lowest BCUT2D eigenvalue weighted by Gasteiger charge is -2.04. The minimum absolute atomic E-state index is 0.0304. The van der Waals surface area contributed by atoms with E-state index in [4.69, 9.17) is 4.52 Å². The van der Waals surface area contributed by atoms with Crippen molar-refractivity contribution in [3.05, 3.63) is 58.2 Å². The molecule has 0 saturated heterocycles. The maximum atomic E-state index is 12.3. The summed E-state index contributed by atoms with van der Waals surface area (Å²) in [6, 6.07) is 6.38. The summed E-state index contributed by atoms with van der Waals surface area (Å²) in [5, 5.41) is 7.62. The van der Waals surface area contributed by atoms with Crippen LogP contribution in [0.4, 0.5) is 5.82 Å². The molecule has 3 aromatic rings. The minimum Gasteiger partial charge on any atom is -0.360 e. The van der Waals surface area contributed by atoms with E-state index in [9.17, 15) is 13.2 Å². The largest absolute Gasteiger partial charge is 0.360 e. The summed E-state index contributed by atoms with van der Waals surface area (Å²) >= 11 is 1.03. The molecule has 3 heterocycles. The number of carbonyl (C=O) groups is 1. The lowest BCUT2D eigenvalue weighted by atomic mass is 10.3. The fourth-order valence-corrected chi connectivity index (χ4v) is 4.13. The Kier molecular flexibility index (Phi) is 4.93. The van der Waals surface area contributed by atoms with Crippen molar-refractivity contribution in [3.63, 3.8) is 0 Å². The van der Waals surface area contributed by atoms with Gasteiger partial charge in [0.05, 0.1) is 9.77 Å². The van der Waals surface area contributed by atoms with E-state index in [-0.39, 0.29) is 22.1 Å². The zero-order valence-electron chi connectivity index (χ0n) is 13.1. The van der Waals surface area contributed by atoms with Crippen LogP contribution in [0.1, 0.15) is 21.0 Å². The lowest BCUT2D eigenvalue weighted by Crippen LogP contribution is -2.22. The van der Waals surface area contributed by atoms with Crippen LogP contribution in [0.2, 0.25) is 0 Å². The molecule has 0 fully saturated rings. The molecular formula is C15H14N4O4S2. The van der Waals surface area contributed by atoms with Gasteiger partial charge in [0.2, 0.25) is 10.0 Å². The molecule has 3 aromatic heterocycles. The molecule has 3 rings (SSSR count). The summed E-state index contributed by atoms with van der Waals surface area (Å²) in [5.74, 6) is 0.381. The monoisotopic (exact) mass is 378 g/mol. The second kappa shape index (κ2) is 7.13. The zero-order chi connectivity index (χ0) is 17.9. The van der Waals surface area contributed by atoms with Gasteiger partial charge in [0, 0.05) is 30.4 Å². The molecule has 0 radical (unpaired) electrons. The Bertz CT molecular complexity index is 980. The Morgan fingerprint density at radius 2 is 2.20 bits per heavy atom. The van der Waals surface area contributed by atoms with E-state index in [1.165, 1.54) is 11.4 Å². The predicted octanol–water partition coefficient (Wildman–Crippen LogP) is 2.17. The van der Waals surface area contributed by atoms with Crippen LogP contribution in [-0.2, 0) is 16.6 Å². The molecule has 0 aromatic carbocycles. The van der Waals surface area contributed by atoms with E-state index < -0.39 is 15.9 Å². The third kappa shape index (κ3) is 4.29. The Hall–Kier alpha value is -2.56. The van der Waals surface area contributed by atoms with E-state index in [1.807, 2.05) is 0 Å². The Labute approximate surface area is 147 Å². The number of aromatic nitrogens is 2. The van der Waals surface area contributed by atoms with Gasteiger partial charge in [-0.1, -0.05) is 11.2 Å². The van der Waals surface area contributed by atoms with Crippen LogP contribution < -0.4 is 10.0 Å². The van der Waals surface area contributed by atoms with Crippen LogP contribution in [0.15, 0.2) is 51.5 Å². The highest BCUT2D eigenvalue weighted by Crippen LogP contribution is 2.21. The number of aryl methyl sites for hydroxylation is 1. The first-order chi connectivity index (χ1) is 11.9. The smallest absolute Gasteiger partial charge is 0.267 e. The van der Waals surface area contributed by atoms with Gasteiger partial charge in [-0.15, -0.1) is 11.3 Å². The summed E-state index contributed by atoms with van der Waals surface area (Å²) in [5.41, 5.74) is 0.737. The van der Waals surface area contributed by atoms with Gasteiger partial charge in [0.1, 0.15) is 5.76 Å². The van der Waals surface area contributed by atoms with Crippen molar-refractivity contribution in [1.29, 1.82) is 0 Å². The highest BCUT2D eigenvalue weighted by molar-refractivity contribution is 7.89. The van der Waals surface area contributed by atoms with Crippen molar-refractivity contribution in [2.75, 3.05) is 5.32 Å². The average Bonchev–Trinajstić information content (AvgIpc) is 3.24. The molecule has 0 saturated carbocycles. The molecule has 1 amide bonds. The number of hydrogen-bond donors (Lipinski definition) is 2. The maximum Gasteiger partial charge on any atom is 0.267 e. The normalized spacial score (nSPS) is 11.4. The number of nitrogens with one attached hydrogen (secondary N) is 2. The third-order valence-corrected chi connectivity index (χ3v) is 5.63. The molecule has 25 heavy (non-hydrogen) atoms. The van der Waals surface area contributed by atoms with Gasteiger partial charge in [-0.3, -0.25) is 9.78 Å². The molecule has 8 nitrogen and oxygen atoms in total. The molecule has 0 aliphatic heterocycles. The summed E-state index contributed by atoms with van der Waals surface area (Å²) < 4.78 is 32.0. The van der Waals surface area contributed by atoms with Crippen LogP contribution >= 0.6 is 11.3 Å². The van der Waals surface area contributed by atoms with Gasteiger partial charge in [-0.25, -0.2) is 13.1 Å². The minimum atomic E-state index is -3.72. The van der Waals surface area contributed by atoms with Crippen molar-refractivity contribution in [2.45, 2.75) is 18.4 Å². The first kappa shape index (κ1) is 17.3. The van der Waals surface area contributed by atoms with Crippen molar-refractivity contribution >= 4 is 33.1 Å². The Morgan fingerprint density at radius 1 is 1.36 bits per heavy atom. The van der Waals surface area contributed by atoms with E-state index in [1.54, 1.807) is 37.5 Å². The topological polar surface area (TPSA) is 114 Å². The van der Waals surface area contributed by atoms with E-state index in [2.05, 4.69) is 20.2 Å². The van der Waals surface area contributed by atoms with E-state index >= 15 is 0 Å². The number of anilines is 1. The van der Waals surface area contributed by atoms with Gasteiger partial charge in [-0.05, 0) is 24.6 Å². The lowest BCUT2D eigenvalue weighted by molar-refractivity contribution is 0.102. The van der Waals surface area contributed by atoms with E-state index in [0.717, 1.165) is 16.9 Å². The quantitative estimate of drug-likeness (QED) is 0.679. The van der Waals surface area contributed by atoms with Gasteiger partial charge in [-0.2, -0.15) is 0 Å². The van der Waals surface area contributed by atoms with E-state index in [0.29, 0.717) is 5.76 Å². The first-order valence-electron chi connectivity index (χ1n) is 7.16. The maximum absolute atomic E-state index is 12.3. The zero-order valence-corrected chi connectivity index (χ0v) is 14.7. The number of hydrogen-bond acceptors (Lipinski definition) is 7. The molecule has 10 heteroatoms. The van der Waals surface area contributed by atoms with Crippen LogP contribution in [-0.4, -0.2) is 24.5 Å². The highest BCUT2D eigenvalue weighted by Gasteiger charge is 2.19. The van der Waals surface area contributed by atoms with Crippen LogP contribution in [0, 0.1) is 6.92 Å². The summed E-state index contributed by atoms with van der Waals surface area (Å²) in [7, 11) is -3.72. The predicted molar refractivity (Wildman–Crippen MR) is 91.8 cm³/mol. The second-order valence-corrected chi connectivity index (χ2v) is 7.79. The van der Waals surface area contributed by atoms with Crippen LogP contribution in [0.3, 0.4) is 0 Å². The van der Waals surface area contributed by atoms with Crippen molar-refractivity contribution < 1.29 is 17.7 Å². The molecule has 0 bridgehead atoms. The van der Waals surface area contributed by atoms with Crippen LogP contribution in [0.5, 0.6) is 0 Å². The van der Waals surface area contributed by atoms with Gasteiger partial charge in [0.25, 0.3) is 5.91 Å². The number of amides is 1. The molecule has 0 aliphatic rings. The standard InChI is InChI=1S/C15H14N4O4S2/c1-10-5-14(19-23-10)18-15(20)13-6-12(9-24-13)25(21,22)17-8-11-3-2-4-16-7-11/h2-7,9,17H,8H2,1H3,(H,18,19,20). The number of sulfonamides is 1. The Balaban J connectivity index is 1.68. The molecule has 130 valence electrons. The summed E-state index contributed by atoms with van der Waals surface area (Å²) in [4.78, 5) is 16.3. The molecule has 0 unspecified atom stereocenters. The average molecular weight is 378 g/mol. The fraction of sp³-hybridized carbons (Fsp3) is 0.133. The number of rotatable bonds is 6. The summed E-state index contributed by atoms with van der Waals surface area (Å²) in [6.07, 6.45) is 3.19. The number of thiophene rings is 1.